The van der Waals surface area contributed by atoms with E-state index in [1.807, 2.05) is 0 Å². The van der Waals surface area contributed by atoms with Crippen LogP contribution in [0.15, 0.2) is 0 Å². The summed E-state index contributed by atoms with van der Waals surface area (Å²) in [6, 6.07) is 0. The number of ether oxygens (including phenoxy) is 3. The molecule has 6 nitrogen and oxygen atoms in total. The van der Waals surface area contributed by atoms with Gasteiger partial charge in [0.25, 0.3) is 0 Å². The van der Waals surface area contributed by atoms with E-state index in [1.54, 1.807) is 0 Å². The molecule has 0 radical (unpaired) electrons. The van der Waals surface area contributed by atoms with Crippen molar-refractivity contribution in [1.82, 2.24) is 0 Å². The highest BCUT2D eigenvalue weighted by molar-refractivity contribution is 5.80. The van der Waals surface area contributed by atoms with Gasteiger partial charge in [-0.1, -0.05) is 0 Å². The van der Waals surface area contributed by atoms with Crippen LogP contribution < -0.4 is 0 Å². The summed E-state index contributed by atoms with van der Waals surface area (Å²) in [6.07, 6.45) is -1.02. The third-order valence-electron chi connectivity index (χ3n) is 1.23. The van der Waals surface area contributed by atoms with Gasteiger partial charge in [0.05, 0.1) is 7.11 Å². The lowest BCUT2D eigenvalue weighted by Crippen LogP contribution is -2.27. The van der Waals surface area contributed by atoms with E-state index in [-0.39, 0.29) is 0 Å². The summed E-state index contributed by atoms with van der Waals surface area (Å²) in [6.45, 7) is 2.03. The second-order valence-electron chi connectivity index (χ2n) is 2.44. The van der Waals surface area contributed by atoms with Gasteiger partial charge < -0.3 is 14.2 Å². The molecule has 1 atom stereocenters. The zero-order valence-electron chi connectivity index (χ0n) is 8.23. The highest BCUT2D eigenvalue weighted by Gasteiger charge is 2.18. The maximum Gasteiger partial charge on any atom is 0.347 e. The van der Waals surface area contributed by atoms with Crippen molar-refractivity contribution in [3.05, 3.63) is 0 Å². The molecule has 0 aliphatic carbocycles. The van der Waals surface area contributed by atoms with E-state index in [4.69, 9.17) is 0 Å². The summed E-state index contributed by atoms with van der Waals surface area (Å²) in [7, 11) is 1.17. The molecule has 0 heterocycles. The molecule has 0 aromatic heterocycles. The predicted molar refractivity (Wildman–Crippen MR) is 44.2 cm³/mol. The minimum atomic E-state index is -1.02. The Bertz CT molecular complexity index is 234. The van der Waals surface area contributed by atoms with Gasteiger partial charge in [-0.3, -0.25) is 4.79 Å². The van der Waals surface area contributed by atoms with E-state index in [1.165, 1.54) is 21.0 Å². The summed E-state index contributed by atoms with van der Waals surface area (Å²) in [4.78, 5) is 32.0. The molecule has 0 saturated heterocycles. The minimum Gasteiger partial charge on any atom is -0.466 e. The summed E-state index contributed by atoms with van der Waals surface area (Å²) in [5.74, 6) is -2.05. The lowest BCUT2D eigenvalue weighted by atomic mass is 10.4. The average Bonchev–Trinajstić information content (AvgIpc) is 2.12. The van der Waals surface area contributed by atoms with E-state index in [0.717, 1.165) is 0 Å². The maximum atomic E-state index is 11.0. The number of methoxy groups -OCH3 is 1. The number of carbonyl (C=O) groups excluding carboxylic acids is 3. The quantitative estimate of drug-likeness (QED) is 0.460. The van der Waals surface area contributed by atoms with Gasteiger partial charge >= 0.3 is 17.9 Å². The fraction of sp³-hybridized carbons (Fsp3) is 0.625. The average molecular weight is 204 g/mol. The van der Waals surface area contributed by atoms with Gasteiger partial charge in [-0.05, 0) is 6.92 Å². The fourth-order valence-electron chi connectivity index (χ4n) is 0.603. The lowest BCUT2D eigenvalue weighted by molar-refractivity contribution is -0.169. The Morgan fingerprint density at radius 1 is 1.29 bits per heavy atom. The van der Waals surface area contributed by atoms with Gasteiger partial charge in [0, 0.05) is 6.92 Å². The minimum absolute atomic E-state index is 0.485. The predicted octanol–water partition coefficient (Wildman–Crippen LogP) is -0.346. The van der Waals surface area contributed by atoms with Crippen LogP contribution in [0.2, 0.25) is 0 Å². The first-order valence-corrected chi connectivity index (χ1v) is 3.88. The zero-order valence-corrected chi connectivity index (χ0v) is 8.23. The first kappa shape index (κ1) is 12.4. The topological polar surface area (TPSA) is 78.9 Å². The fourth-order valence-corrected chi connectivity index (χ4v) is 0.603. The molecular weight excluding hydrogens is 192 g/mol. The molecule has 0 rings (SSSR count). The van der Waals surface area contributed by atoms with Crippen LogP contribution in [0.3, 0.4) is 0 Å². The first-order valence-electron chi connectivity index (χ1n) is 3.88. The largest absolute Gasteiger partial charge is 0.466 e. The van der Waals surface area contributed by atoms with Crippen LogP contribution in [0.1, 0.15) is 13.8 Å². The van der Waals surface area contributed by atoms with E-state index >= 15 is 0 Å². The molecule has 1 unspecified atom stereocenters. The maximum absolute atomic E-state index is 11.0. The SMILES string of the molecule is COC(=O)COC(=O)C(C)OC(C)=O. The van der Waals surface area contributed by atoms with E-state index in [9.17, 15) is 14.4 Å². The molecule has 0 amide bonds. The highest BCUT2D eigenvalue weighted by Crippen LogP contribution is 1.95. The van der Waals surface area contributed by atoms with E-state index in [2.05, 4.69) is 14.2 Å². The van der Waals surface area contributed by atoms with Crippen LogP contribution in [-0.2, 0) is 28.6 Å². The van der Waals surface area contributed by atoms with Crippen LogP contribution in [0.5, 0.6) is 0 Å². The molecule has 14 heavy (non-hydrogen) atoms. The van der Waals surface area contributed by atoms with Crippen molar-refractivity contribution in [1.29, 1.82) is 0 Å². The summed E-state index contributed by atoms with van der Waals surface area (Å²) < 4.78 is 13.2. The Hall–Kier alpha value is -1.59. The normalized spacial score (nSPS) is 11.4. The van der Waals surface area contributed by atoms with E-state index < -0.39 is 30.6 Å². The van der Waals surface area contributed by atoms with Crippen molar-refractivity contribution in [3.63, 3.8) is 0 Å². The van der Waals surface area contributed by atoms with Gasteiger partial charge in [-0.2, -0.15) is 0 Å². The number of hydrogen-bond donors (Lipinski definition) is 0. The van der Waals surface area contributed by atoms with Crippen molar-refractivity contribution in [3.8, 4) is 0 Å². The number of rotatable bonds is 4. The molecular formula is C8H12O6. The van der Waals surface area contributed by atoms with Crippen LogP contribution in [0.4, 0.5) is 0 Å². The molecule has 0 aromatic rings. The summed E-state index contributed by atoms with van der Waals surface area (Å²) >= 11 is 0. The molecule has 0 spiro atoms. The van der Waals surface area contributed by atoms with Crippen molar-refractivity contribution < 1.29 is 28.6 Å². The zero-order chi connectivity index (χ0) is 11.1. The monoisotopic (exact) mass is 204 g/mol. The molecule has 0 N–H and O–H groups in total. The Morgan fingerprint density at radius 3 is 2.29 bits per heavy atom. The second-order valence-corrected chi connectivity index (χ2v) is 2.44. The van der Waals surface area contributed by atoms with Crippen molar-refractivity contribution >= 4 is 17.9 Å². The first-order chi connectivity index (χ1) is 6.47. The van der Waals surface area contributed by atoms with Gasteiger partial charge in [-0.25, -0.2) is 9.59 Å². The summed E-state index contributed by atoms with van der Waals surface area (Å²) in [5, 5.41) is 0. The molecule has 0 bridgehead atoms. The van der Waals surface area contributed by atoms with Crippen LogP contribution in [-0.4, -0.2) is 37.7 Å². The van der Waals surface area contributed by atoms with Crippen molar-refractivity contribution in [2.75, 3.05) is 13.7 Å². The molecule has 6 heteroatoms. The van der Waals surface area contributed by atoms with Crippen LogP contribution >= 0.6 is 0 Å². The molecule has 0 fully saturated rings. The Balaban J connectivity index is 3.84. The standard InChI is InChI=1S/C8H12O6/c1-5(14-6(2)9)8(11)13-4-7(10)12-3/h5H,4H2,1-3H3. The highest BCUT2D eigenvalue weighted by atomic mass is 16.6. The van der Waals surface area contributed by atoms with Crippen molar-refractivity contribution in [2.45, 2.75) is 20.0 Å². The Labute approximate surface area is 81.1 Å². The lowest BCUT2D eigenvalue weighted by Gasteiger charge is -2.10. The van der Waals surface area contributed by atoms with Gasteiger partial charge in [0.1, 0.15) is 0 Å². The molecule has 0 aliphatic heterocycles. The Morgan fingerprint density at radius 2 is 1.86 bits per heavy atom. The third-order valence-corrected chi connectivity index (χ3v) is 1.23. The molecule has 0 aromatic carbocycles. The van der Waals surface area contributed by atoms with Gasteiger partial charge in [0.15, 0.2) is 12.7 Å². The van der Waals surface area contributed by atoms with Gasteiger partial charge in [0.2, 0.25) is 0 Å². The second kappa shape index (κ2) is 5.95. The number of carbonyl (C=O) groups is 3. The van der Waals surface area contributed by atoms with Crippen LogP contribution in [0.25, 0.3) is 0 Å². The van der Waals surface area contributed by atoms with Crippen LogP contribution in [0, 0.1) is 0 Å². The molecule has 0 aliphatic rings. The van der Waals surface area contributed by atoms with Gasteiger partial charge in [-0.15, -0.1) is 0 Å². The van der Waals surface area contributed by atoms with Crippen molar-refractivity contribution in [2.24, 2.45) is 0 Å². The molecule has 80 valence electrons. The number of esters is 3. The third kappa shape index (κ3) is 5.13. The summed E-state index contributed by atoms with van der Waals surface area (Å²) in [5.41, 5.74) is 0. The molecule has 0 saturated carbocycles. The smallest absolute Gasteiger partial charge is 0.347 e. The Kier molecular flexibility index (Phi) is 5.28. The van der Waals surface area contributed by atoms with E-state index in [0.29, 0.717) is 0 Å². The number of hydrogen-bond acceptors (Lipinski definition) is 6.